The zero-order valence-corrected chi connectivity index (χ0v) is 12.2. The summed E-state index contributed by atoms with van der Waals surface area (Å²) in [5.74, 6) is 0.562. The van der Waals surface area contributed by atoms with Crippen LogP contribution in [-0.2, 0) is 11.8 Å². The van der Waals surface area contributed by atoms with E-state index < -0.39 is 0 Å². The average molecular weight is 283 g/mol. The molecule has 3 rings (SSSR count). The highest BCUT2D eigenvalue weighted by atomic mass is 35.5. The van der Waals surface area contributed by atoms with Crippen molar-refractivity contribution in [1.29, 1.82) is 0 Å². The molecule has 2 aromatic heterocycles. The molecule has 0 amide bonds. The van der Waals surface area contributed by atoms with Gasteiger partial charge in [0.2, 0.25) is 0 Å². The molecular weight excluding hydrogens is 268 g/mol. The predicted octanol–water partition coefficient (Wildman–Crippen LogP) is 3.51. The number of aromatic nitrogens is 2. The normalized spacial score (nSPS) is 19.1. The van der Waals surface area contributed by atoms with E-state index in [2.05, 4.69) is 23.8 Å². The van der Waals surface area contributed by atoms with Crippen LogP contribution in [0.1, 0.15) is 48.8 Å². The Hall–Kier alpha value is -0.870. The minimum atomic E-state index is -0.271. The van der Waals surface area contributed by atoms with Crippen LogP contribution in [0.2, 0.25) is 0 Å². The van der Waals surface area contributed by atoms with Crippen molar-refractivity contribution in [2.24, 2.45) is 0 Å². The Morgan fingerprint density at radius 3 is 2.89 bits per heavy atom. The molecule has 0 saturated carbocycles. The average Bonchev–Trinajstić information content (AvgIpc) is 2.77. The molecule has 18 heavy (non-hydrogen) atoms. The van der Waals surface area contributed by atoms with E-state index in [9.17, 15) is 4.79 Å². The number of hydrogen-bond acceptors (Lipinski definition) is 3. The van der Waals surface area contributed by atoms with Crippen molar-refractivity contribution >= 4 is 33.2 Å². The second kappa shape index (κ2) is 3.81. The zero-order valence-electron chi connectivity index (χ0n) is 10.6. The Morgan fingerprint density at radius 1 is 1.50 bits per heavy atom. The Balaban J connectivity index is 2.36. The lowest BCUT2D eigenvalue weighted by molar-refractivity contribution is 0.525. The van der Waals surface area contributed by atoms with E-state index in [1.807, 2.05) is 6.92 Å². The SMILES string of the molecule is CC(Cl)c1nc2sc3c(c2c(=O)[nH]1)C(C)(C)CC3. The van der Waals surface area contributed by atoms with Gasteiger partial charge < -0.3 is 4.98 Å². The Morgan fingerprint density at radius 2 is 2.22 bits per heavy atom. The molecule has 0 aromatic carbocycles. The van der Waals surface area contributed by atoms with Gasteiger partial charge in [-0.3, -0.25) is 4.79 Å². The molecule has 0 bridgehead atoms. The third kappa shape index (κ3) is 1.62. The van der Waals surface area contributed by atoms with Crippen LogP contribution in [0.4, 0.5) is 0 Å². The summed E-state index contributed by atoms with van der Waals surface area (Å²) in [6, 6.07) is 0. The summed E-state index contributed by atoms with van der Waals surface area (Å²) in [7, 11) is 0. The summed E-state index contributed by atoms with van der Waals surface area (Å²) in [5.41, 5.74) is 1.23. The maximum absolute atomic E-state index is 12.3. The Kier molecular flexibility index (Phi) is 2.58. The van der Waals surface area contributed by atoms with Crippen LogP contribution in [0.15, 0.2) is 4.79 Å². The van der Waals surface area contributed by atoms with Crippen molar-refractivity contribution in [2.45, 2.75) is 44.4 Å². The van der Waals surface area contributed by atoms with E-state index in [0.29, 0.717) is 5.82 Å². The van der Waals surface area contributed by atoms with E-state index in [4.69, 9.17) is 11.6 Å². The van der Waals surface area contributed by atoms with Gasteiger partial charge in [-0.15, -0.1) is 22.9 Å². The van der Waals surface area contributed by atoms with Crippen molar-refractivity contribution in [2.75, 3.05) is 0 Å². The highest BCUT2D eigenvalue weighted by Crippen LogP contribution is 2.45. The lowest BCUT2D eigenvalue weighted by Crippen LogP contribution is -2.18. The van der Waals surface area contributed by atoms with Gasteiger partial charge in [-0.25, -0.2) is 4.98 Å². The molecule has 1 N–H and O–H groups in total. The molecule has 0 spiro atoms. The van der Waals surface area contributed by atoms with Gasteiger partial charge in [0.1, 0.15) is 10.7 Å². The number of fused-ring (bicyclic) bond motifs is 3. The molecule has 0 fully saturated rings. The lowest BCUT2D eigenvalue weighted by Gasteiger charge is -2.17. The maximum Gasteiger partial charge on any atom is 0.260 e. The van der Waals surface area contributed by atoms with Gasteiger partial charge >= 0.3 is 0 Å². The fourth-order valence-electron chi connectivity index (χ4n) is 2.70. The Labute approximate surface area is 114 Å². The van der Waals surface area contributed by atoms with Crippen LogP contribution in [0, 0.1) is 0 Å². The number of rotatable bonds is 1. The van der Waals surface area contributed by atoms with Gasteiger partial charge in [-0.2, -0.15) is 0 Å². The number of aromatic amines is 1. The maximum atomic E-state index is 12.3. The number of aryl methyl sites for hydroxylation is 1. The summed E-state index contributed by atoms with van der Waals surface area (Å²) in [4.78, 5) is 21.7. The van der Waals surface area contributed by atoms with Gasteiger partial charge in [-0.05, 0) is 30.7 Å². The summed E-state index contributed by atoms with van der Waals surface area (Å²) < 4.78 is 0. The number of hydrogen-bond donors (Lipinski definition) is 1. The first-order valence-corrected chi connectivity index (χ1v) is 7.35. The lowest BCUT2D eigenvalue weighted by atomic mass is 9.86. The van der Waals surface area contributed by atoms with Crippen molar-refractivity contribution in [1.82, 2.24) is 9.97 Å². The Bertz CT molecular complexity index is 684. The third-order valence-electron chi connectivity index (χ3n) is 3.68. The highest BCUT2D eigenvalue weighted by molar-refractivity contribution is 7.18. The first-order chi connectivity index (χ1) is 8.40. The van der Waals surface area contributed by atoms with E-state index in [1.54, 1.807) is 11.3 Å². The molecule has 0 radical (unpaired) electrons. The molecule has 2 heterocycles. The first-order valence-electron chi connectivity index (χ1n) is 6.10. The quantitative estimate of drug-likeness (QED) is 0.814. The van der Waals surface area contributed by atoms with Crippen molar-refractivity contribution in [3.8, 4) is 0 Å². The minimum absolute atomic E-state index is 0.0463. The molecule has 0 saturated heterocycles. The number of halogens is 1. The van der Waals surface area contributed by atoms with Gasteiger partial charge in [0, 0.05) is 4.88 Å². The molecule has 1 unspecified atom stereocenters. The second-order valence-electron chi connectivity index (χ2n) is 5.53. The highest BCUT2D eigenvalue weighted by Gasteiger charge is 2.35. The standard InChI is InChI=1S/C13H15ClN2OS/c1-6(14)10-15-11(17)8-9-7(18-12(8)16-10)4-5-13(9,2)3/h6H,4-5H2,1-3H3,(H,15,16,17). The van der Waals surface area contributed by atoms with Crippen molar-refractivity contribution in [3.05, 3.63) is 26.6 Å². The van der Waals surface area contributed by atoms with Gasteiger partial charge in [0.05, 0.1) is 10.8 Å². The molecular formula is C13H15ClN2OS. The number of nitrogens with zero attached hydrogens (tertiary/aromatic N) is 1. The number of thiophene rings is 1. The molecule has 2 aromatic rings. The minimum Gasteiger partial charge on any atom is -0.309 e. The van der Waals surface area contributed by atoms with Crippen molar-refractivity contribution < 1.29 is 0 Å². The molecule has 1 aliphatic rings. The van der Waals surface area contributed by atoms with Gasteiger partial charge in [0.25, 0.3) is 5.56 Å². The van der Waals surface area contributed by atoms with E-state index in [1.165, 1.54) is 10.4 Å². The van der Waals surface area contributed by atoms with Crippen LogP contribution in [0.3, 0.4) is 0 Å². The summed E-state index contributed by atoms with van der Waals surface area (Å²) in [6.07, 6.45) is 2.16. The largest absolute Gasteiger partial charge is 0.309 e. The molecule has 96 valence electrons. The van der Waals surface area contributed by atoms with Crippen LogP contribution in [0.5, 0.6) is 0 Å². The molecule has 1 atom stereocenters. The fourth-order valence-corrected chi connectivity index (χ4v) is 4.16. The first kappa shape index (κ1) is 12.2. The van der Waals surface area contributed by atoms with Crippen LogP contribution in [-0.4, -0.2) is 9.97 Å². The van der Waals surface area contributed by atoms with Gasteiger partial charge in [-0.1, -0.05) is 13.8 Å². The van der Waals surface area contributed by atoms with E-state index in [0.717, 1.165) is 23.1 Å². The summed E-state index contributed by atoms with van der Waals surface area (Å²) in [6.45, 7) is 6.21. The van der Waals surface area contributed by atoms with Crippen LogP contribution in [0.25, 0.3) is 10.2 Å². The predicted molar refractivity (Wildman–Crippen MR) is 75.9 cm³/mol. The summed E-state index contributed by atoms with van der Waals surface area (Å²) >= 11 is 7.64. The molecule has 0 aliphatic heterocycles. The number of H-pyrrole nitrogens is 1. The van der Waals surface area contributed by atoms with E-state index in [-0.39, 0.29) is 16.4 Å². The topological polar surface area (TPSA) is 45.8 Å². The smallest absolute Gasteiger partial charge is 0.260 e. The van der Waals surface area contributed by atoms with Gasteiger partial charge in [0.15, 0.2) is 0 Å². The second-order valence-corrected chi connectivity index (χ2v) is 7.27. The van der Waals surface area contributed by atoms with E-state index >= 15 is 0 Å². The molecule has 3 nitrogen and oxygen atoms in total. The molecule has 5 heteroatoms. The van der Waals surface area contributed by atoms with Crippen LogP contribution < -0.4 is 5.56 Å². The third-order valence-corrected chi connectivity index (χ3v) is 5.03. The number of nitrogens with one attached hydrogen (secondary N) is 1. The molecule has 1 aliphatic carbocycles. The van der Waals surface area contributed by atoms with Crippen LogP contribution >= 0.6 is 22.9 Å². The fraction of sp³-hybridized carbons (Fsp3) is 0.538. The van der Waals surface area contributed by atoms with Crippen molar-refractivity contribution in [3.63, 3.8) is 0 Å². The summed E-state index contributed by atoms with van der Waals surface area (Å²) in [5, 5.41) is 0.505. The number of alkyl halides is 1. The monoisotopic (exact) mass is 282 g/mol. The zero-order chi connectivity index (χ0) is 13.1.